The predicted molar refractivity (Wildman–Crippen MR) is 122 cm³/mol. The first kappa shape index (κ1) is 25.0. The van der Waals surface area contributed by atoms with Gasteiger partial charge in [-0.25, -0.2) is 0 Å². The lowest BCUT2D eigenvalue weighted by Gasteiger charge is -2.13. The molecular formula is C23H27ClN2O6. The highest BCUT2D eigenvalue weighted by Gasteiger charge is 2.15. The average Bonchev–Trinajstić information content (AvgIpc) is 2.74. The molecule has 0 unspecified atom stereocenters. The quantitative estimate of drug-likeness (QED) is 0.522. The number of hydrogen-bond donors (Lipinski definition) is 2. The minimum absolute atomic E-state index is 0.298. The van der Waals surface area contributed by atoms with E-state index in [0.29, 0.717) is 41.0 Å². The van der Waals surface area contributed by atoms with E-state index in [4.69, 9.17) is 25.8 Å². The van der Waals surface area contributed by atoms with Crippen LogP contribution in [-0.4, -0.2) is 44.1 Å². The van der Waals surface area contributed by atoms with Gasteiger partial charge in [-0.1, -0.05) is 17.7 Å². The van der Waals surface area contributed by atoms with Crippen molar-refractivity contribution in [3.8, 4) is 11.5 Å². The topological polar surface area (TPSA) is 103 Å². The Labute approximate surface area is 192 Å². The molecule has 0 aliphatic carbocycles. The van der Waals surface area contributed by atoms with Crippen molar-refractivity contribution in [2.45, 2.75) is 27.7 Å². The number of halogens is 1. The van der Waals surface area contributed by atoms with Gasteiger partial charge in [-0.05, 0) is 63.1 Å². The van der Waals surface area contributed by atoms with E-state index in [1.807, 2.05) is 33.8 Å². The van der Waals surface area contributed by atoms with Crippen molar-refractivity contribution >= 4 is 35.1 Å². The van der Waals surface area contributed by atoms with Gasteiger partial charge < -0.3 is 24.8 Å². The molecule has 172 valence electrons. The van der Waals surface area contributed by atoms with Gasteiger partial charge in [-0.15, -0.1) is 0 Å². The Bertz CT molecular complexity index is 969. The van der Waals surface area contributed by atoms with E-state index in [1.54, 1.807) is 18.2 Å². The molecule has 2 amide bonds. The number of carbonyl (C=O) groups excluding carboxylic acids is 3. The molecule has 2 rings (SSSR count). The number of aryl methyl sites for hydroxylation is 2. The molecule has 2 aromatic rings. The molecule has 2 aromatic carbocycles. The second-order valence-electron chi connectivity index (χ2n) is 6.86. The molecule has 0 heterocycles. The number of benzene rings is 2. The lowest BCUT2D eigenvalue weighted by Crippen LogP contribution is -2.32. The van der Waals surface area contributed by atoms with Crippen molar-refractivity contribution in [3.63, 3.8) is 0 Å². The fraction of sp³-hybridized carbons (Fsp3) is 0.348. The Hall–Kier alpha value is -3.26. The van der Waals surface area contributed by atoms with Crippen LogP contribution in [0.4, 0.5) is 5.69 Å². The van der Waals surface area contributed by atoms with Gasteiger partial charge in [0.15, 0.2) is 18.1 Å². The lowest BCUT2D eigenvalue weighted by molar-refractivity contribution is -0.146. The number of carbonyl (C=O) groups is 3. The first-order valence-electron chi connectivity index (χ1n) is 10.1. The summed E-state index contributed by atoms with van der Waals surface area (Å²) in [6.07, 6.45) is 0. The molecule has 0 saturated carbocycles. The highest BCUT2D eigenvalue weighted by Crippen LogP contribution is 2.29. The van der Waals surface area contributed by atoms with Gasteiger partial charge in [0, 0.05) is 5.56 Å². The maximum absolute atomic E-state index is 12.3. The summed E-state index contributed by atoms with van der Waals surface area (Å²) >= 11 is 6.16. The number of ether oxygens (including phenoxy) is 3. The zero-order chi connectivity index (χ0) is 23.7. The fourth-order valence-electron chi connectivity index (χ4n) is 2.89. The normalized spacial score (nSPS) is 10.3. The van der Waals surface area contributed by atoms with Crippen molar-refractivity contribution < 1.29 is 28.6 Å². The van der Waals surface area contributed by atoms with Crippen LogP contribution >= 0.6 is 11.6 Å². The Morgan fingerprint density at radius 3 is 2.31 bits per heavy atom. The van der Waals surface area contributed by atoms with Crippen LogP contribution in [-0.2, 0) is 14.3 Å². The molecule has 0 spiro atoms. The van der Waals surface area contributed by atoms with Crippen LogP contribution in [0.15, 0.2) is 30.3 Å². The second-order valence-corrected chi connectivity index (χ2v) is 7.26. The second kappa shape index (κ2) is 12.0. The van der Waals surface area contributed by atoms with Crippen LogP contribution in [0.25, 0.3) is 0 Å². The third kappa shape index (κ3) is 7.16. The van der Waals surface area contributed by atoms with E-state index in [1.165, 1.54) is 6.07 Å². The summed E-state index contributed by atoms with van der Waals surface area (Å²) in [5.41, 5.74) is 2.52. The summed E-state index contributed by atoms with van der Waals surface area (Å²) in [5, 5.41) is 5.48. The monoisotopic (exact) mass is 462 g/mol. The molecule has 0 aliphatic rings. The molecule has 0 saturated heterocycles. The Balaban J connectivity index is 1.86. The SMILES string of the molecule is CCOc1ccc(C(=O)NCC(=O)OCC(=O)Nc2c(C)cc(C)cc2Cl)cc1OCC. The van der Waals surface area contributed by atoms with Gasteiger partial charge in [0.25, 0.3) is 11.8 Å². The summed E-state index contributed by atoms with van der Waals surface area (Å²) in [5.74, 6) is -0.813. The highest BCUT2D eigenvalue weighted by molar-refractivity contribution is 6.34. The third-order valence-corrected chi connectivity index (χ3v) is 4.56. The van der Waals surface area contributed by atoms with Crippen molar-refractivity contribution in [1.82, 2.24) is 5.32 Å². The number of nitrogens with one attached hydrogen (secondary N) is 2. The van der Waals surface area contributed by atoms with E-state index < -0.39 is 30.9 Å². The van der Waals surface area contributed by atoms with Crippen LogP contribution < -0.4 is 20.1 Å². The number of esters is 1. The van der Waals surface area contributed by atoms with Gasteiger partial charge in [0.05, 0.1) is 23.9 Å². The van der Waals surface area contributed by atoms with Crippen LogP contribution in [0.3, 0.4) is 0 Å². The molecule has 9 heteroatoms. The lowest BCUT2D eigenvalue weighted by atomic mass is 10.1. The van der Waals surface area contributed by atoms with E-state index in [9.17, 15) is 14.4 Å². The van der Waals surface area contributed by atoms with Crippen LogP contribution in [0.1, 0.15) is 35.3 Å². The number of anilines is 1. The van der Waals surface area contributed by atoms with Gasteiger partial charge in [0.2, 0.25) is 0 Å². The molecule has 8 nitrogen and oxygen atoms in total. The predicted octanol–water partition coefficient (Wildman–Crippen LogP) is 3.67. The molecular weight excluding hydrogens is 436 g/mol. The zero-order valence-electron chi connectivity index (χ0n) is 18.5. The summed E-state index contributed by atoms with van der Waals surface area (Å²) in [4.78, 5) is 36.4. The Kier molecular flexibility index (Phi) is 9.34. The molecule has 32 heavy (non-hydrogen) atoms. The number of amides is 2. The van der Waals surface area contributed by atoms with Crippen molar-refractivity contribution in [1.29, 1.82) is 0 Å². The third-order valence-electron chi connectivity index (χ3n) is 4.26. The minimum Gasteiger partial charge on any atom is -0.490 e. The van der Waals surface area contributed by atoms with Gasteiger partial charge in [-0.2, -0.15) is 0 Å². The van der Waals surface area contributed by atoms with Crippen LogP contribution in [0.2, 0.25) is 5.02 Å². The van der Waals surface area contributed by atoms with E-state index in [0.717, 1.165) is 11.1 Å². The Morgan fingerprint density at radius 1 is 0.969 bits per heavy atom. The van der Waals surface area contributed by atoms with Gasteiger partial charge in [-0.3, -0.25) is 14.4 Å². The number of rotatable bonds is 10. The average molecular weight is 463 g/mol. The number of hydrogen-bond acceptors (Lipinski definition) is 6. The Morgan fingerprint density at radius 2 is 1.66 bits per heavy atom. The highest BCUT2D eigenvalue weighted by atomic mass is 35.5. The standard InChI is InChI=1S/C23H27ClN2O6/c1-5-30-18-8-7-16(11-19(18)31-6-2)23(29)25-12-21(28)32-13-20(27)26-22-15(4)9-14(3)10-17(22)24/h7-11H,5-6,12-13H2,1-4H3,(H,25,29)(H,26,27). The van der Waals surface area contributed by atoms with Crippen molar-refractivity contribution in [2.24, 2.45) is 0 Å². The molecule has 2 N–H and O–H groups in total. The molecule has 0 fully saturated rings. The maximum Gasteiger partial charge on any atom is 0.325 e. The van der Waals surface area contributed by atoms with E-state index in [-0.39, 0.29) is 0 Å². The largest absolute Gasteiger partial charge is 0.490 e. The minimum atomic E-state index is -0.754. The molecule has 0 aromatic heterocycles. The molecule has 0 bridgehead atoms. The van der Waals surface area contributed by atoms with Crippen LogP contribution in [0, 0.1) is 13.8 Å². The van der Waals surface area contributed by atoms with E-state index in [2.05, 4.69) is 10.6 Å². The van der Waals surface area contributed by atoms with Gasteiger partial charge in [0.1, 0.15) is 6.54 Å². The van der Waals surface area contributed by atoms with Crippen LogP contribution in [0.5, 0.6) is 11.5 Å². The fourth-order valence-corrected chi connectivity index (χ4v) is 3.26. The zero-order valence-corrected chi connectivity index (χ0v) is 19.3. The first-order valence-corrected chi connectivity index (χ1v) is 10.5. The van der Waals surface area contributed by atoms with Crippen molar-refractivity contribution in [3.05, 3.63) is 52.0 Å². The van der Waals surface area contributed by atoms with Crippen molar-refractivity contribution in [2.75, 3.05) is 31.7 Å². The smallest absolute Gasteiger partial charge is 0.325 e. The maximum atomic E-state index is 12.3. The summed E-state index contributed by atoms with van der Waals surface area (Å²) in [6, 6.07) is 8.33. The molecule has 0 radical (unpaired) electrons. The first-order chi connectivity index (χ1) is 15.2. The molecule has 0 aliphatic heterocycles. The summed E-state index contributed by atoms with van der Waals surface area (Å²) in [6.45, 7) is 7.35. The van der Waals surface area contributed by atoms with Gasteiger partial charge >= 0.3 is 5.97 Å². The van der Waals surface area contributed by atoms with E-state index >= 15 is 0 Å². The summed E-state index contributed by atoms with van der Waals surface area (Å²) in [7, 11) is 0. The summed E-state index contributed by atoms with van der Waals surface area (Å²) < 4.78 is 15.9. The molecule has 0 atom stereocenters.